The predicted molar refractivity (Wildman–Crippen MR) is 86.2 cm³/mol. The second kappa shape index (κ2) is 7.81. The van der Waals surface area contributed by atoms with E-state index in [9.17, 15) is 9.59 Å². The highest BCUT2D eigenvalue weighted by atomic mass is 16.2. The molecular weight excluding hydrogens is 264 g/mol. The zero-order valence-electron chi connectivity index (χ0n) is 13.6. The minimum Gasteiger partial charge on any atom is -0.345 e. The first-order valence-electron chi connectivity index (χ1n) is 7.48. The topological polar surface area (TPSA) is 58.2 Å². The molecule has 0 radical (unpaired) electrons. The molecule has 1 unspecified atom stereocenters. The van der Waals surface area contributed by atoms with Crippen molar-refractivity contribution in [2.45, 2.75) is 53.5 Å². The number of carbonyl (C=O) groups excluding carboxylic acids is 2. The number of rotatable bonds is 5. The van der Waals surface area contributed by atoms with Crippen LogP contribution in [-0.2, 0) is 9.59 Å². The van der Waals surface area contributed by atoms with Gasteiger partial charge in [0, 0.05) is 11.7 Å². The molecular formula is C17H26N2O2. The van der Waals surface area contributed by atoms with Gasteiger partial charge in [-0.25, -0.2) is 0 Å². The Labute approximate surface area is 127 Å². The first-order chi connectivity index (χ1) is 9.77. The monoisotopic (exact) mass is 290 g/mol. The van der Waals surface area contributed by atoms with Crippen LogP contribution in [0.2, 0.25) is 0 Å². The van der Waals surface area contributed by atoms with Gasteiger partial charge in [0.2, 0.25) is 0 Å². The third-order valence-electron chi connectivity index (χ3n) is 3.24. The Morgan fingerprint density at radius 1 is 0.952 bits per heavy atom. The fraction of sp³-hybridized carbons (Fsp3) is 0.529. The number of anilines is 1. The van der Waals surface area contributed by atoms with Crippen molar-refractivity contribution in [1.82, 2.24) is 5.32 Å². The Kier molecular flexibility index (Phi) is 6.40. The molecule has 0 aliphatic rings. The van der Waals surface area contributed by atoms with E-state index < -0.39 is 11.8 Å². The third kappa shape index (κ3) is 6.43. The van der Waals surface area contributed by atoms with Crippen LogP contribution < -0.4 is 10.6 Å². The van der Waals surface area contributed by atoms with E-state index >= 15 is 0 Å². The molecule has 0 aromatic heterocycles. The molecule has 2 amide bonds. The molecule has 4 heteroatoms. The van der Waals surface area contributed by atoms with Crippen LogP contribution in [0, 0.1) is 19.8 Å². The highest BCUT2D eigenvalue weighted by Gasteiger charge is 2.16. The second-order valence-electron chi connectivity index (χ2n) is 6.18. The van der Waals surface area contributed by atoms with Gasteiger partial charge in [0.15, 0.2) is 0 Å². The first-order valence-corrected chi connectivity index (χ1v) is 7.48. The molecule has 1 atom stereocenters. The summed E-state index contributed by atoms with van der Waals surface area (Å²) in [5.41, 5.74) is 2.76. The number of nitrogens with one attached hydrogen (secondary N) is 2. The smallest absolute Gasteiger partial charge is 0.313 e. The molecule has 0 spiro atoms. The van der Waals surface area contributed by atoms with Gasteiger partial charge in [0.05, 0.1) is 0 Å². The van der Waals surface area contributed by atoms with Crippen molar-refractivity contribution in [3.8, 4) is 0 Å². The van der Waals surface area contributed by atoms with Gasteiger partial charge in [-0.3, -0.25) is 9.59 Å². The molecule has 0 aliphatic heterocycles. The lowest BCUT2D eigenvalue weighted by Gasteiger charge is -2.15. The van der Waals surface area contributed by atoms with Gasteiger partial charge in [0.1, 0.15) is 0 Å². The molecule has 0 saturated carbocycles. The fourth-order valence-corrected chi connectivity index (χ4v) is 2.18. The normalized spacial score (nSPS) is 12.1. The molecule has 1 aromatic rings. The molecule has 116 valence electrons. The van der Waals surface area contributed by atoms with Gasteiger partial charge in [-0.1, -0.05) is 19.9 Å². The van der Waals surface area contributed by atoms with E-state index in [0.29, 0.717) is 11.6 Å². The van der Waals surface area contributed by atoms with E-state index in [2.05, 4.69) is 24.5 Å². The van der Waals surface area contributed by atoms with Crippen LogP contribution in [-0.4, -0.2) is 17.9 Å². The average molecular weight is 290 g/mol. The van der Waals surface area contributed by atoms with Crippen molar-refractivity contribution in [2.24, 2.45) is 5.92 Å². The van der Waals surface area contributed by atoms with Gasteiger partial charge >= 0.3 is 11.8 Å². The van der Waals surface area contributed by atoms with Gasteiger partial charge in [-0.15, -0.1) is 0 Å². The molecule has 0 fully saturated rings. The quantitative estimate of drug-likeness (QED) is 0.818. The van der Waals surface area contributed by atoms with Crippen molar-refractivity contribution >= 4 is 17.5 Å². The number of hydrogen-bond donors (Lipinski definition) is 2. The van der Waals surface area contributed by atoms with Crippen LogP contribution in [0.25, 0.3) is 0 Å². The number of amides is 2. The van der Waals surface area contributed by atoms with Crippen LogP contribution in [0.5, 0.6) is 0 Å². The summed E-state index contributed by atoms with van der Waals surface area (Å²) in [6.45, 7) is 10.1. The molecule has 0 saturated heterocycles. The van der Waals surface area contributed by atoms with Gasteiger partial charge in [-0.2, -0.15) is 0 Å². The van der Waals surface area contributed by atoms with Gasteiger partial charge in [0.25, 0.3) is 0 Å². The zero-order chi connectivity index (χ0) is 16.0. The molecule has 4 nitrogen and oxygen atoms in total. The van der Waals surface area contributed by atoms with Crippen molar-refractivity contribution in [3.63, 3.8) is 0 Å². The Hall–Kier alpha value is -1.84. The summed E-state index contributed by atoms with van der Waals surface area (Å²) < 4.78 is 0. The van der Waals surface area contributed by atoms with E-state index in [4.69, 9.17) is 0 Å². The predicted octanol–water partition coefficient (Wildman–Crippen LogP) is 3.18. The molecule has 21 heavy (non-hydrogen) atoms. The zero-order valence-corrected chi connectivity index (χ0v) is 13.6. The summed E-state index contributed by atoms with van der Waals surface area (Å²) in [5.74, 6) is -0.602. The highest BCUT2D eigenvalue weighted by Crippen LogP contribution is 2.13. The van der Waals surface area contributed by atoms with Crippen molar-refractivity contribution in [3.05, 3.63) is 29.3 Å². The maximum atomic E-state index is 11.9. The van der Waals surface area contributed by atoms with E-state index in [1.54, 1.807) is 0 Å². The van der Waals surface area contributed by atoms with Gasteiger partial charge < -0.3 is 10.6 Å². The van der Waals surface area contributed by atoms with Crippen molar-refractivity contribution in [1.29, 1.82) is 0 Å². The van der Waals surface area contributed by atoms with Crippen LogP contribution in [0.15, 0.2) is 18.2 Å². The van der Waals surface area contributed by atoms with E-state index in [-0.39, 0.29) is 6.04 Å². The maximum absolute atomic E-state index is 11.9. The van der Waals surface area contributed by atoms with Crippen LogP contribution in [0.4, 0.5) is 5.69 Å². The van der Waals surface area contributed by atoms with Crippen LogP contribution >= 0.6 is 0 Å². The van der Waals surface area contributed by atoms with Gasteiger partial charge in [-0.05, 0) is 62.8 Å². The number of benzene rings is 1. The number of hydrogen-bond acceptors (Lipinski definition) is 2. The Bertz CT molecular complexity index is 489. The Morgan fingerprint density at radius 2 is 1.52 bits per heavy atom. The average Bonchev–Trinajstić information content (AvgIpc) is 2.34. The summed E-state index contributed by atoms with van der Waals surface area (Å²) in [5, 5.41) is 5.38. The van der Waals surface area contributed by atoms with E-state index in [1.807, 2.05) is 39.0 Å². The molecule has 2 N–H and O–H groups in total. The second-order valence-corrected chi connectivity index (χ2v) is 6.18. The maximum Gasteiger partial charge on any atom is 0.313 e. The van der Waals surface area contributed by atoms with E-state index in [1.165, 1.54) is 0 Å². The Balaban J connectivity index is 2.52. The lowest BCUT2D eigenvalue weighted by atomic mass is 10.0. The Morgan fingerprint density at radius 3 is 2.05 bits per heavy atom. The highest BCUT2D eigenvalue weighted by molar-refractivity contribution is 6.39. The minimum atomic E-state index is -0.614. The summed E-state index contributed by atoms with van der Waals surface area (Å²) >= 11 is 0. The fourth-order valence-electron chi connectivity index (χ4n) is 2.18. The van der Waals surface area contributed by atoms with Crippen LogP contribution in [0.3, 0.4) is 0 Å². The molecule has 0 bridgehead atoms. The minimum absolute atomic E-state index is 0.00453. The lowest BCUT2D eigenvalue weighted by Crippen LogP contribution is -2.40. The van der Waals surface area contributed by atoms with Crippen LogP contribution in [0.1, 0.15) is 44.7 Å². The summed E-state index contributed by atoms with van der Waals surface area (Å²) in [6, 6.07) is 5.72. The molecule has 1 rings (SSSR count). The molecule has 0 aliphatic carbocycles. The summed E-state index contributed by atoms with van der Waals surface area (Å²) in [4.78, 5) is 23.7. The summed E-state index contributed by atoms with van der Waals surface area (Å²) in [7, 11) is 0. The largest absolute Gasteiger partial charge is 0.345 e. The molecule has 0 heterocycles. The first kappa shape index (κ1) is 17.2. The lowest BCUT2D eigenvalue weighted by molar-refractivity contribution is -0.136. The van der Waals surface area contributed by atoms with Crippen molar-refractivity contribution < 1.29 is 9.59 Å². The SMILES string of the molecule is Cc1cc(C)cc(NC(=O)C(=O)NC(C)CCC(C)C)c1. The standard InChI is InChI=1S/C17H26N2O2/c1-11(2)6-7-14(5)18-16(20)17(21)19-15-9-12(3)8-13(4)10-15/h8-11,14H,6-7H2,1-5H3,(H,18,20)(H,19,21). The number of carbonyl (C=O) groups is 2. The van der Waals surface area contributed by atoms with Crippen molar-refractivity contribution in [2.75, 3.05) is 5.32 Å². The molecule has 1 aromatic carbocycles. The third-order valence-corrected chi connectivity index (χ3v) is 3.24. The summed E-state index contributed by atoms with van der Waals surface area (Å²) in [6.07, 6.45) is 1.90. The van der Waals surface area contributed by atoms with E-state index in [0.717, 1.165) is 24.0 Å². The number of aryl methyl sites for hydroxylation is 2.